The zero-order valence-electron chi connectivity index (χ0n) is 15.6. The fourth-order valence-corrected chi connectivity index (χ4v) is 6.04. The lowest BCUT2D eigenvalue weighted by Crippen LogP contribution is -2.50. The number of carbonyl (C=O) groups is 1. The molecule has 0 aromatic heterocycles. The first-order chi connectivity index (χ1) is 12.5. The summed E-state index contributed by atoms with van der Waals surface area (Å²) in [6, 6.07) is 8.15. The van der Waals surface area contributed by atoms with E-state index in [1.54, 1.807) is 0 Å². The second-order valence-corrected chi connectivity index (χ2v) is 9.02. The van der Waals surface area contributed by atoms with E-state index in [9.17, 15) is 4.79 Å². The van der Waals surface area contributed by atoms with Gasteiger partial charge < -0.3 is 9.64 Å². The molecule has 136 valence electrons. The van der Waals surface area contributed by atoms with Gasteiger partial charge >= 0.3 is 5.97 Å². The third-order valence-electron chi connectivity index (χ3n) is 6.83. The predicted molar refractivity (Wildman–Crippen MR) is 103 cm³/mol. The summed E-state index contributed by atoms with van der Waals surface area (Å²) in [6.45, 7) is 0. The summed E-state index contributed by atoms with van der Waals surface area (Å²) in [4.78, 5) is 19.2. The fraction of sp³-hybridized carbons (Fsp3) is 0.545. The van der Waals surface area contributed by atoms with E-state index in [4.69, 9.17) is 9.73 Å². The Morgan fingerprint density at radius 2 is 1.62 bits per heavy atom. The van der Waals surface area contributed by atoms with E-state index < -0.39 is 0 Å². The number of ether oxygens (including phenoxy) is 1. The number of hydrogen-bond acceptors (Lipinski definition) is 4. The maximum atomic E-state index is 12.4. The largest absolute Gasteiger partial charge is 0.406 e. The highest BCUT2D eigenvalue weighted by Crippen LogP contribution is 2.61. The molecule has 0 amide bonds. The highest BCUT2D eigenvalue weighted by molar-refractivity contribution is 6.09. The summed E-state index contributed by atoms with van der Waals surface area (Å²) in [5.41, 5.74) is 2.61. The number of cyclic esters (lactones) is 1. The average Bonchev–Trinajstić information content (AvgIpc) is 2.96. The van der Waals surface area contributed by atoms with Crippen LogP contribution in [0.3, 0.4) is 0 Å². The van der Waals surface area contributed by atoms with E-state index >= 15 is 0 Å². The summed E-state index contributed by atoms with van der Waals surface area (Å²) < 4.78 is 5.73. The van der Waals surface area contributed by atoms with Crippen molar-refractivity contribution in [1.82, 2.24) is 0 Å². The monoisotopic (exact) mass is 350 g/mol. The smallest absolute Gasteiger partial charge is 0.363 e. The summed E-state index contributed by atoms with van der Waals surface area (Å²) in [5.74, 6) is 2.88. The Hall–Kier alpha value is -2.10. The quantitative estimate of drug-likeness (QED) is 0.604. The van der Waals surface area contributed by atoms with Gasteiger partial charge in [0.05, 0.1) is 0 Å². The van der Waals surface area contributed by atoms with Gasteiger partial charge in [0.15, 0.2) is 5.70 Å². The molecule has 4 aliphatic carbocycles. The number of hydrogen-bond donors (Lipinski definition) is 0. The minimum Gasteiger partial charge on any atom is -0.406 e. The topological polar surface area (TPSA) is 41.9 Å². The van der Waals surface area contributed by atoms with Gasteiger partial charge in [0, 0.05) is 25.2 Å². The number of carbonyl (C=O) groups excluding carboxylic acids is 1. The summed E-state index contributed by atoms with van der Waals surface area (Å²) in [7, 11) is 4.04. The van der Waals surface area contributed by atoms with Crippen molar-refractivity contribution in [3.8, 4) is 0 Å². The molecule has 1 aliphatic heterocycles. The minimum absolute atomic E-state index is 0.0365. The van der Waals surface area contributed by atoms with Crippen molar-refractivity contribution in [2.24, 2.45) is 28.2 Å². The number of aliphatic imine (C=N–C) groups is 1. The molecule has 1 aromatic rings. The van der Waals surface area contributed by atoms with Crippen molar-refractivity contribution < 1.29 is 9.53 Å². The molecule has 0 N–H and O–H groups in total. The van der Waals surface area contributed by atoms with Crippen LogP contribution in [0.2, 0.25) is 0 Å². The van der Waals surface area contributed by atoms with Gasteiger partial charge in [-0.1, -0.05) is 12.1 Å². The Bertz CT molecular complexity index is 769. The maximum Gasteiger partial charge on any atom is 0.363 e. The first-order valence-corrected chi connectivity index (χ1v) is 9.81. The SMILES string of the molecule is CN(C)c1ccc(/C=C2/N=C(C34CC5CC(CC(C5)C3)C4)OC2=O)cc1. The Morgan fingerprint density at radius 1 is 1.04 bits per heavy atom. The molecule has 6 rings (SSSR count). The molecule has 1 heterocycles. The van der Waals surface area contributed by atoms with Gasteiger partial charge in [-0.05, 0) is 80.1 Å². The standard InChI is InChI=1S/C22H26N2O2/c1-24(2)18-5-3-14(4-6-18)10-19-20(25)26-21(23-19)22-11-15-7-16(12-22)9-17(8-15)13-22/h3-6,10,15-17H,7-9,11-13H2,1-2H3/b19-10+. The number of benzene rings is 1. The second kappa shape index (κ2) is 5.70. The normalized spacial score (nSPS) is 36.4. The first-order valence-electron chi connectivity index (χ1n) is 9.81. The third kappa shape index (κ3) is 2.58. The van der Waals surface area contributed by atoms with E-state index in [0.717, 1.165) is 54.2 Å². The van der Waals surface area contributed by atoms with Gasteiger partial charge in [-0.3, -0.25) is 0 Å². The van der Waals surface area contributed by atoms with Crippen LogP contribution >= 0.6 is 0 Å². The molecule has 0 unspecified atom stereocenters. The number of nitrogens with zero attached hydrogens (tertiary/aromatic N) is 2. The molecule has 4 fully saturated rings. The molecule has 0 saturated heterocycles. The molecule has 0 radical (unpaired) electrons. The van der Waals surface area contributed by atoms with Crippen LogP contribution in [-0.4, -0.2) is 26.0 Å². The Morgan fingerprint density at radius 3 is 2.15 bits per heavy atom. The van der Waals surface area contributed by atoms with Crippen LogP contribution in [0, 0.1) is 23.2 Å². The van der Waals surface area contributed by atoms with Gasteiger partial charge in [0.25, 0.3) is 0 Å². The molecule has 26 heavy (non-hydrogen) atoms. The highest BCUT2D eigenvalue weighted by Gasteiger charge is 2.55. The molecular formula is C22H26N2O2. The predicted octanol–water partition coefficient (Wildman–Crippen LogP) is 4.27. The van der Waals surface area contributed by atoms with Crippen molar-refractivity contribution in [2.45, 2.75) is 38.5 Å². The van der Waals surface area contributed by atoms with Gasteiger partial charge in [0.1, 0.15) is 0 Å². The van der Waals surface area contributed by atoms with Crippen LogP contribution in [0.1, 0.15) is 44.1 Å². The second-order valence-electron chi connectivity index (χ2n) is 9.02. The van der Waals surface area contributed by atoms with Crippen LogP contribution in [0.15, 0.2) is 35.0 Å². The minimum atomic E-state index is -0.285. The lowest BCUT2D eigenvalue weighted by molar-refractivity contribution is -0.131. The molecule has 4 bridgehead atoms. The number of esters is 1. The van der Waals surface area contributed by atoms with Gasteiger partial charge in [-0.15, -0.1) is 0 Å². The Balaban J connectivity index is 1.43. The van der Waals surface area contributed by atoms with E-state index in [2.05, 4.69) is 17.0 Å². The van der Waals surface area contributed by atoms with Crippen molar-refractivity contribution in [1.29, 1.82) is 0 Å². The van der Waals surface area contributed by atoms with Crippen LogP contribution in [0.25, 0.3) is 6.08 Å². The van der Waals surface area contributed by atoms with Crippen LogP contribution in [0.4, 0.5) is 5.69 Å². The van der Waals surface area contributed by atoms with Crippen LogP contribution < -0.4 is 4.90 Å². The maximum absolute atomic E-state index is 12.4. The first kappa shape index (κ1) is 16.1. The van der Waals surface area contributed by atoms with E-state index in [0.29, 0.717) is 5.70 Å². The summed E-state index contributed by atoms with van der Waals surface area (Å²) in [6.07, 6.45) is 9.47. The van der Waals surface area contributed by atoms with Crippen molar-refractivity contribution in [3.63, 3.8) is 0 Å². The van der Waals surface area contributed by atoms with Crippen LogP contribution in [-0.2, 0) is 9.53 Å². The fourth-order valence-electron chi connectivity index (χ4n) is 6.04. The van der Waals surface area contributed by atoms with Crippen LogP contribution in [0.5, 0.6) is 0 Å². The van der Waals surface area contributed by atoms with E-state index in [1.165, 1.54) is 19.3 Å². The molecule has 0 atom stereocenters. The zero-order valence-corrected chi connectivity index (χ0v) is 15.6. The average molecular weight is 350 g/mol. The van der Waals surface area contributed by atoms with Gasteiger partial charge in [0.2, 0.25) is 5.90 Å². The van der Waals surface area contributed by atoms with E-state index in [-0.39, 0.29) is 11.4 Å². The Kier molecular flexibility index (Phi) is 3.53. The lowest BCUT2D eigenvalue weighted by Gasteiger charge is -2.55. The third-order valence-corrected chi connectivity index (χ3v) is 6.83. The molecule has 4 heteroatoms. The van der Waals surface area contributed by atoms with Crippen molar-refractivity contribution in [3.05, 3.63) is 35.5 Å². The molecule has 5 aliphatic rings. The molecule has 4 nitrogen and oxygen atoms in total. The molecule has 4 saturated carbocycles. The zero-order chi connectivity index (χ0) is 17.9. The summed E-state index contributed by atoms with van der Waals surface area (Å²) in [5, 5.41) is 0. The molecule has 0 spiro atoms. The van der Waals surface area contributed by atoms with Gasteiger partial charge in [-0.2, -0.15) is 0 Å². The lowest BCUT2D eigenvalue weighted by atomic mass is 9.49. The molecule has 1 aromatic carbocycles. The van der Waals surface area contributed by atoms with Crippen molar-refractivity contribution in [2.75, 3.05) is 19.0 Å². The van der Waals surface area contributed by atoms with E-state index in [1.807, 2.05) is 32.3 Å². The van der Waals surface area contributed by atoms with Gasteiger partial charge in [-0.25, -0.2) is 9.79 Å². The van der Waals surface area contributed by atoms with Crippen molar-refractivity contribution >= 4 is 23.6 Å². The summed E-state index contributed by atoms with van der Waals surface area (Å²) >= 11 is 0. The molecular weight excluding hydrogens is 324 g/mol. The highest BCUT2D eigenvalue weighted by atomic mass is 16.6. The Labute approximate surface area is 154 Å². The number of rotatable bonds is 3. The number of anilines is 1.